The normalized spacial score (nSPS) is 12.1. The molecule has 1 aromatic heterocycles. The fraction of sp³-hybridized carbons (Fsp3) is 0.636. The molecule has 0 saturated heterocycles. The molecule has 0 saturated carbocycles. The topological polar surface area (TPSA) is 0 Å². The number of thiophene rings is 1. The van der Waals surface area contributed by atoms with E-state index in [1.165, 1.54) is 16.9 Å². The van der Waals surface area contributed by atoms with Gasteiger partial charge in [-0.2, -0.15) is 0 Å². The molecule has 0 bridgehead atoms. The lowest BCUT2D eigenvalue weighted by Gasteiger charge is -2.24. The molecule has 0 aliphatic carbocycles. The molecule has 1 rings (SSSR count). The van der Waals surface area contributed by atoms with Gasteiger partial charge in [-0.05, 0) is 42.2 Å². The predicted molar refractivity (Wildman–Crippen MR) is 57.1 cm³/mol. The van der Waals surface area contributed by atoms with Gasteiger partial charge in [-0.15, -0.1) is 11.3 Å². The van der Waals surface area contributed by atoms with Crippen LogP contribution < -0.4 is 0 Å². The predicted octanol–water partition coefficient (Wildman–Crippen LogP) is 4.05. The SMILES string of the molecule is CCC(C)(C)c1c(C)csc1C. The van der Waals surface area contributed by atoms with Gasteiger partial charge in [-0.3, -0.25) is 0 Å². The van der Waals surface area contributed by atoms with Crippen LogP contribution in [0.2, 0.25) is 0 Å². The Hall–Kier alpha value is -0.300. The Kier molecular flexibility index (Phi) is 2.62. The van der Waals surface area contributed by atoms with Crippen molar-refractivity contribution < 1.29 is 0 Å². The zero-order chi connectivity index (χ0) is 9.35. The van der Waals surface area contributed by atoms with Gasteiger partial charge in [0.1, 0.15) is 0 Å². The van der Waals surface area contributed by atoms with Gasteiger partial charge < -0.3 is 0 Å². The molecule has 0 fully saturated rings. The molecule has 0 aliphatic rings. The first-order chi connectivity index (χ1) is 5.49. The molecular weight excluding hydrogens is 164 g/mol. The van der Waals surface area contributed by atoms with E-state index < -0.39 is 0 Å². The summed E-state index contributed by atoms with van der Waals surface area (Å²) in [5.41, 5.74) is 3.38. The van der Waals surface area contributed by atoms with Crippen molar-refractivity contribution in [2.45, 2.75) is 46.5 Å². The van der Waals surface area contributed by atoms with Crippen LogP contribution in [0.1, 0.15) is 43.2 Å². The zero-order valence-corrected chi connectivity index (χ0v) is 9.51. The summed E-state index contributed by atoms with van der Waals surface area (Å²) >= 11 is 1.87. The van der Waals surface area contributed by atoms with Crippen LogP contribution >= 0.6 is 11.3 Å². The molecule has 1 aromatic rings. The van der Waals surface area contributed by atoms with Gasteiger partial charge in [-0.25, -0.2) is 0 Å². The molecule has 1 heterocycles. The summed E-state index contributed by atoms with van der Waals surface area (Å²) in [5, 5.41) is 2.27. The summed E-state index contributed by atoms with van der Waals surface area (Å²) < 4.78 is 0. The van der Waals surface area contributed by atoms with E-state index >= 15 is 0 Å². The molecule has 0 N–H and O–H groups in total. The van der Waals surface area contributed by atoms with Gasteiger partial charge in [0.05, 0.1) is 0 Å². The highest BCUT2D eigenvalue weighted by Gasteiger charge is 2.22. The van der Waals surface area contributed by atoms with Gasteiger partial charge in [0.2, 0.25) is 0 Å². The van der Waals surface area contributed by atoms with Gasteiger partial charge in [0, 0.05) is 4.88 Å². The number of hydrogen-bond acceptors (Lipinski definition) is 1. The largest absolute Gasteiger partial charge is 0.149 e. The molecule has 0 radical (unpaired) electrons. The first kappa shape index (κ1) is 9.79. The minimum atomic E-state index is 0.355. The van der Waals surface area contributed by atoms with Crippen LogP contribution in [0.5, 0.6) is 0 Å². The number of rotatable bonds is 2. The van der Waals surface area contributed by atoms with Crippen LogP contribution in [0.25, 0.3) is 0 Å². The first-order valence-electron chi connectivity index (χ1n) is 4.54. The van der Waals surface area contributed by atoms with Crippen LogP contribution in [0.3, 0.4) is 0 Å². The van der Waals surface area contributed by atoms with Crippen molar-refractivity contribution in [3.8, 4) is 0 Å². The van der Waals surface area contributed by atoms with Gasteiger partial charge in [0.25, 0.3) is 0 Å². The third-order valence-electron chi connectivity index (χ3n) is 2.72. The smallest absolute Gasteiger partial charge is 0.00543 e. The molecule has 12 heavy (non-hydrogen) atoms. The summed E-state index contributed by atoms with van der Waals surface area (Å²) in [5.74, 6) is 0. The van der Waals surface area contributed by atoms with E-state index in [2.05, 4.69) is 40.0 Å². The Labute approximate surface area is 79.6 Å². The van der Waals surface area contributed by atoms with Crippen LogP contribution in [0.15, 0.2) is 5.38 Å². The fourth-order valence-corrected chi connectivity index (χ4v) is 2.79. The van der Waals surface area contributed by atoms with Crippen molar-refractivity contribution in [3.63, 3.8) is 0 Å². The quantitative estimate of drug-likeness (QED) is 0.647. The van der Waals surface area contributed by atoms with E-state index in [4.69, 9.17) is 0 Å². The third kappa shape index (κ3) is 1.56. The molecular formula is C11H18S. The fourth-order valence-electron chi connectivity index (χ4n) is 1.76. The molecule has 0 spiro atoms. The monoisotopic (exact) mass is 182 g/mol. The highest BCUT2D eigenvalue weighted by Crippen LogP contribution is 2.35. The van der Waals surface area contributed by atoms with Crippen molar-refractivity contribution in [2.24, 2.45) is 0 Å². The summed E-state index contributed by atoms with van der Waals surface area (Å²) in [6.45, 7) is 11.4. The van der Waals surface area contributed by atoms with Crippen LogP contribution in [-0.4, -0.2) is 0 Å². The lowest BCUT2D eigenvalue weighted by molar-refractivity contribution is 0.503. The summed E-state index contributed by atoms with van der Waals surface area (Å²) in [7, 11) is 0. The maximum absolute atomic E-state index is 2.33. The van der Waals surface area contributed by atoms with Gasteiger partial charge in [-0.1, -0.05) is 20.8 Å². The van der Waals surface area contributed by atoms with E-state index in [-0.39, 0.29) is 0 Å². The summed E-state index contributed by atoms with van der Waals surface area (Å²) in [6.07, 6.45) is 1.21. The Morgan fingerprint density at radius 1 is 1.33 bits per heavy atom. The second-order valence-electron chi connectivity index (χ2n) is 4.09. The zero-order valence-electron chi connectivity index (χ0n) is 8.69. The van der Waals surface area contributed by atoms with Crippen molar-refractivity contribution >= 4 is 11.3 Å². The minimum Gasteiger partial charge on any atom is -0.149 e. The Morgan fingerprint density at radius 3 is 2.25 bits per heavy atom. The highest BCUT2D eigenvalue weighted by atomic mass is 32.1. The van der Waals surface area contributed by atoms with E-state index in [0.717, 1.165) is 0 Å². The molecule has 1 heteroatoms. The lowest BCUT2D eigenvalue weighted by Crippen LogP contribution is -2.16. The number of hydrogen-bond donors (Lipinski definition) is 0. The second-order valence-corrected chi connectivity index (χ2v) is 5.17. The Balaban J connectivity index is 3.17. The number of aryl methyl sites for hydroxylation is 2. The van der Waals surface area contributed by atoms with Crippen molar-refractivity contribution in [1.29, 1.82) is 0 Å². The van der Waals surface area contributed by atoms with Crippen LogP contribution in [0, 0.1) is 13.8 Å². The summed E-state index contributed by atoms with van der Waals surface area (Å²) in [6, 6.07) is 0. The Bertz CT molecular complexity index is 249. The molecule has 0 aromatic carbocycles. The molecule has 0 amide bonds. The first-order valence-corrected chi connectivity index (χ1v) is 5.42. The second kappa shape index (κ2) is 3.21. The van der Waals surface area contributed by atoms with Crippen LogP contribution in [0.4, 0.5) is 0 Å². The van der Waals surface area contributed by atoms with Gasteiger partial charge >= 0.3 is 0 Å². The average Bonchev–Trinajstić information content (AvgIpc) is 2.31. The van der Waals surface area contributed by atoms with Crippen LogP contribution in [-0.2, 0) is 5.41 Å². The Morgan fingerprint density at radius 2 is 1.92 bits per heavy atom. The molecule has 0 aliphatic heterocycles. The van der Waals surface area contributed by atoms with E-state index in [9.17, 15) is 0 Å². The minimum absolute atomic E-state index is 0.355. The molecule has 0 nitrogen and oxygen atoms in total. The van der Waals surface area contributed by atoms with E-state index in [1.807, 2.05) is 11.3 Å². The summed E-state index contributed by atoms with van der Waals surface area (Å²) in [4.78, 5) is 1.49. The molecule has 0 atom stereocenters. The standard InChI is InChI=1S/C11H18S/c1-6-11(4,5)10-8(2)7-12-9(10)3/h7H,6H2,1-5H3. The van der Waals surface area contributed by atoms with Gasteiger partial charge in [0.15, 0.2) is 0 Å². The highest BCUT2D eigenvalue weighted by molar-refractivity contribution is 7.10. The third-order valence-corrected chi connectivity index (χ3v) is 3.75. The van der Waals surface area contributed by atoms with Crippen molar-refractivity contribution in [2.75, 3.05) is 0 Å². The maximum Gasteiger partial charge on any atom is 0.00543 e. The van der Waals surface area contributed by atoms with Crippen molar-refractivity contribution in [1.82, 2.24) is 0 Å². The van der Waals surface area contributed by atoms with E-state index in [0.29, 0.717) is 5.41 Å². The van der Waals surface area contributed by atoms with E-state index in [1.54, 1.807) is 5.56 Å². The molecule has 68 valence electrons. The maximum atomic E-state index is 2.33. The average molecular weight is 182 g/mol. The molecule has 0 unspecified atom stereocenters. The lowest BCUT2D eigenvalue weighted by atomic mass is 9.80. The van der Waals surface area contributed by atoms with Crippen molar-refractivity contribution in [3.05, 3.63) is 21.4 Å².